The first-order chi connectivity index (χ1) is 10.4. The van der Waals surface area contributed by atoms with Gasteiger partial charge in [0.2, 0.25) is 0 Å². The fourth-order valence-corrected chi connectivity index (χ4v) is 2.44. The Labute approximate surface area is 146 Å². The molecule has 0 aliphatic rings. The van der Waals surface area contributed by atoms with E-state index in [9.17, 15) is 0 Å². The van der Waals surface area contributed by atoms with Crippen LogP contribution < -0.4 is 0 Å². The Morgan fingerprint density at radius 2 is 0.864 bits per heavy atom. The Bertz CT molecular complexity index is 224. The van der Waals surface area contributed by atoms with Gasteiger partial charge in [0.05, 0.1) is 0 Å². The van der Waals surface area contributed by atoms with E-state index in [4.69, 9.17) is 19.2 Å². The number of phosphoric acid groups is 1. The number of hydrogen-bond donors (Lipinski definition) is 3. The van der Waals surface area contributed by atoms with Crippen LogP contribution in [0.15, 0.2) is 0 Å². The average molecular weight is 330 g/mol. The molecular formula is C16H36LiO4P. The molecule has 0 saturated heterocycles. The summed E-state index contributed by atoms with van der Waals surface area (Å²) >= 11 is 2.29. The van der Waals surface area contributed by atoms with Gasteiger partial charge in [0.1, 0.15) is 0 Å². The van der Waals surface area contributed by atoms with Crippen molar-refractivity contribution in [1.29, 1.82) is 0 Å². The molecule has 0 bridgehead atoms. The first-order valence-electron chi connectivity index (χ1n) is 9.20. The maximum absolute atomic E-state index is 8.88. The minimum atomic E-state index is -4.64. The van der Waals surface area contributed by atoms with Crippen LogP contribution in [0.5, 0.6) is 0 Å². The van der Waals surface area contributed by atoms with Crippen LogP contribution in [0, 0.1) is 0 Å². The van der Waals surface area contributed by atoms with Crippen molar-refractivity contribution in [2.45, 2.75) is 102 Å². The summed E-state index contributed by atoms with van der Waals surface area (Å²) in [6.45, 7) is 2.29. The Balaban J connectivity index is 0. The zero-order valence-electron chi connectivity index (χ0n) is 14.8. The molecule has 130 valence electrons. The van der Waals surface area contributed by atoms with Crippen molar-refractivity contribution < 1.29 is 19.2 Å². The van der Waals surface area contributed by atoms with Gasteiger partial charge in [-0.15, -0.1) is 0 Å². The minimum Gasteiger partial charge on any atom is -0.0654 e. The third-order valence-electron chi connectivity index (χ3n) is 3.71. The summed E-state index contributed by atoms with van der Waals surface area (Å²) in [5.74, 6) is 0. The van der Waals surface area contributed by atoms with Crippen LogP contribution >= 0.6 is 7.82 Å². The predicted octanol–water partition coefficient (Wildman–Crippen LogP) is 5.13. The van der Waals surface area contributed by atoms with Crippen molar-refractivity contribution in [3.05, 3.63) is 0 Å². The third kappa shape index (κ3) is 37.2. The number of hydrogen-bond acceptors (Lipinski definition) is 1. The summed E-state index contributed by atoms with van der Waals surface area (Å²) in [6.07, 6.45) is 20.5. The van der Waals surface area contributed by atoms with Crippen molar-refractivity contribution in [1.82, 2.24) is 0 Å². The van der Waals surface area contributed by atoms with Crippen molar-refractivity contribution >= 4 is 25.5 Å². The average Bonchev–Trinajstić information content (AvgIpc) is 2.42. The van der Waals surface area contributed by atoms with Gasteiger partial charge in [0.15, 0.2) is 0 Å². The van der Waals surface area contributed by atoms with E-state index < -0.39 is 7.82 Å². The smallest absolute Gasteiger partial charge is 0.0654 e. The van der Waals surface area contributed by atoms with E-state index in [2.05, 4.69) is 24.6 Å². The molecule has 0 aromatic carbocycles. The van der Waals surface area contributed by atoms with Gasteiger partial charge in [-0.3, -0.25) is 0 Å². The molecule has 0 atom stereocenters. The summed E-state index contributed by atoms with van der Waals surface area (Å²) in [7, 11) is -4.64. The van der Waals surface area contributed by atoms with E-state index >= 15 is 0 Å². The zero-order chi connectivity index (χ0) is 17.1. The fraction of sp³-hybridized carbons (Fsp3) is 1.00. The van der Waals surface area contributed by atoms with Gasteiger partial charge in [-0.2, -0.15) is 0 Å². The third-order valence-corrected chi connectivity index (χ3v) is 3.71. The summed E-state index contributed by atoms with van der Waals surface area (Å²) in [5.41, 5.74) is 0. The van der Waals surface area contributed by atoms with Crippen molar-refractivity contribution in [3.8, 4) is 0 Å². The van der Waals surface area contributed by atoms with E-state index in [0.717, 1.165) is 0 Å². The molecule has 0 rings (SSSR count). The summed E-state index contributed by atoms with van der Waals surface area (Å²) < 4.78 is 8.88. The Hall–Kier alpha value is 0.707. The first-order valence-corrected chi connectivity index (χ1v) is 10.8. The van der Waals surface area contributed by atoms with Crippen LogP contribution in [0.3, 0.4) is 0 Å². The normalized spacial score (nSPS) is 11.2. The molecule has 0 radical (unpaired) electrons. The molecule has 4 nitrogen and oxygen atoms in total. The fourth-order valence-electron chi connectivity index (χ4n) is 2.44. The van der Waals surface area contributed by atoms with Gasteiger partial charge in [-0.05, 0) is 0 Å². The standard InChI is InChI=1S/C16H33.Li.H3O4P/c1-3-5-7-9-11-13-15-16-14-12-10-8-6-4-2;;1-5(2,3)4/h1,3-16H2,2H3;;(H3,1,2,3,4). The van der Waals surface area contributed by atoms with E-state index in [1.165, 1.54) is 95.0 Å². The zero-order valence-corrected chi connectivity index (χ0v) is 15.7. The molecular weight excluding hydrogens is 294 g/mol. The summed E-state index contributed by atoms with van der Waals surface area (Å²) in [6, 6.07) is 0. The van der Waals surface area contributed by atoms with Gasteiger partial charge >= 0.3 is 101 Å². The molecule has 0 fully saturated rings. The number of unbranched alkanes of at least 4 members (excludes halogenated alkanes) is 13. The van der Waals surface area contributed by atoms with Gasteiger partial charge in [-0.25, -0.2) is 4.57 Å². The number of rotatable bonds is 14. The molecule has 0 saturated carbocycles. The molecule has 0 spiro atoms. The minimum absolute atomic E-state index is 1.37. The van der Waals surface area contributed by atoms with E-state index in [-0.39, 0.29) is 0 Å². The van der Waals surface area contributed by atoms with E-state index in [1.54, 1.807) is 0 Å². The van der Waals surface area contributed by atoms with Crippen LogP contribution in [0.2, 0.25) is 5.09 Å². The second kappa shape index (κ2) is 19.8. The van der Waals surface area contributed by atoms with Crippen LogP contribution in [0.25, 0.3) is 0 Å². The maximum atomic E-state index is 8.88. The van der Waals surface area contributed by atoms with Crippen LogP contribution in [0.4, 0.5) is 0 Å². The van der Waals surface area contributed by atoms with Gasteiger partial charge in [0, 0.05) is 0 Å². The van der Waals surface area contributed by atoms with Gasteiger partial charge < -0.3 is 14.7 Å². The van der Waals surface area contributed by atoms with Gasteiger partial charge in [0.25, 0.3) is 0 Å². The van der Waals surface area contributed by atoms with Crippen molar-refractivity contribution in [2.75, 3.05) is 0 Å². The molecule has 0 aliphatic carbocycles. The van der Waals surface area contributed by atoms with E-state index in [1.807, 2.05) is 0 Å². The van der Waals surface area contributed by atoms with Crippen LogP contribution in [-0.4, -0.2) is 32.4 Å². The Morgan fingerprint density at radius 3 is 1.09 bits per heavy atom. The molecule has 22 heavy (non-hydrogen) atoms. The molecule has 6 heteroatoms. The molecule has 3 N–H and O–H groups in total. The quantitative estimate of drug-likeness (QED) is 0.234. The Kier molecular flexibility index (Phi) is 22.4. The molecule has 0 heterocycles. The molecule has 0 aromatic rings. The van der Waals surface area contributed by atoms with E-state index in [0.29, 0.717) is 0 Å². The van der Waals surface area contributed by atoms with Crippen LogP contribution in [-0.2, 0) is 4.57 Å². The Morgan fingerprint density at radius 1 is 0.636 bits per heavy atom. The van der Waals surface area contributed by atoms with Crippen molar-refractivity contribution in [2.24, 2.45) is 0 Å². The van der Waals surface area contributed by atoms with Gasteiger partial charge in [-0.1, -0.05) is 26.2 Å². The van der Waals surface area contributed by atoms with Crippen LogP contribution in [0.1, 0.15) is 96.8 Å². The second-order valence-corrected chi connectivity index (χ2v) is 7.14. The molecule has 0 amide bonds. The molecule has 0 aliphatic heterocycles. The van der Waals surface area contributed by atoms with Crippen molar-refractivity contribution in [3.63, 3.8) is 0 Å². The predicted molar refractivity (Wildman–Crippen MR) is 95.1 cm³/mol. The summed E-state index contributed by atoms with van der Waals surface area (Å²) in [5, 5.41) is 1.37. The SMILES string of the molecule is O=P(O)(O)O.[Li][CH2]CCCCCCCCCCCCCCC. The summed E-state index contributed by atoms with van der Waals surface area (Å²) in [4.78, 5) is 21.6. The first kappa shape index (κ1) is 25.0. The topological polar surface area (TPSA) is 77.8 Å². The monoisotopic (exact) mass is 330 g/mol. The molecule has 0 aromatic heterocycles. The second-order valence-electron chi connectivity index (χ2n) is 6.11. The molecule has 0 unspecified atom stereocenters.